The van der Waals surface area contributed by atoms with Crippen molar-refractivity contribution in [3.8, 4) is 17.1 Å². The summed E-state index contributed by atoms with van der Waals surface area (Å²) >= 11 is 0. The molecule has 1 aliphatic rings. The molecular weight excluding hydrogens is 382 g/mol. The molecule has 0 aliphatic carbocycles. The second-order valence-electron chi connectivity index (χ2n) is 6.59. The first kappa shape index (κ1) is 18.9. The fraction of sp³-hybridized carbons (Fsp3) is 0.250. The summed E-state index contributed by atoms with van der Waals surface area (Å²) in [5.41, 5.74) is 0.631. The third kappa shape index (κ3) is 3.89. The zero-order valence-corrected chi connectivity index (χ0v) is 15.6. The van der Waals surface area contributed by atoms with Crippen molar-refractivity contribution < 1.29 is 22.8 Å². The van der Waals surface area contributed by atoms with Crippen LogP contribution < -0.4 is 10.1 Å². The van der Waals surface area contributed by atoms with E-state index in [0.29, 0.717) is 30.4 Å². The first-order valence-corrected chi connectivity index (χ1v) is 9.06. The molecule has 1 N–H and O–H groups in total. The summed E-state index contributed by atoms with van der Waals surface area (Å²) < 4.78 is 37.5. The number of carbonyl (C=O) groups excluding carboxylic acids is 1. The van der Waals surface area contributed by atoms with E-state index < -0.39 is 23.7 Å². The van der Waals surface area contributed by atoms with Crippen LogP contribution in [-0.4, -0.2) is 34.7 Å². The fourth-order valence-electron chi connectivity index (χ4n) is 3.29. The number of aromatic nitrogens is 2. The van der Waals surface area contributed by atoms with E-state index in [9.17, 15) is 13.6 Å². The van der Waals surface area contributed by atoms with Gasteiger partial charge >= 0.3 is 6.03 Å². The van der Waals surface area contributed by atoms with E-state index in [1.807, 2.05) is 18.2 Å². The first-order chi connectivity index (χ1) is 14.0. The third-order valence-electron chi connectivity index (χ3n) is 4.74. The highest BCUT2D eigenvalue weighted by molar-refractivity contribution is 5.89. The Morgan fingerprint density at radius 1 is 1.28 bits per heavy atom. The minimum Gasteiger partial charge on any atom is -0.497 e. The van der Waals surface area contributed by atoms with E-state index in [0.717, 1.165) is 24.1 Å². The summed E-state index contributed by atoms with van der Waals surface area (Å²) in [5.74, 6) is -0.203. The molecule has 0 radical (unpaired) electrons. The molecule has 9 heteroatoms. The van der Waals surface area contributed by atoms with E-state index in [1.54, 1.807) is 13.2 Å². The standard InChI is InChI=1S/C20H18F2N4O3/c1-28-14-5-2-4-12(10-14)18-24-19(29-25-18)17-6-3-9-26(17)20(27)23-16-8-7-13(21)11-15(16)22/h2,4-5,7-8,10-11,17H,3,6,9H2,1H3,(H,23,27). The van der Waals surface area contributed by atoms with Gasteiger partial charge in [-0.15, -0.1) is 0 Å². The number of methoxy groups -OCH3 is 1. The smallest absolute Gasteiger partial charge is 0.322 e. The molecule has 4 rings (SSSR count). The average Bonchev–Trinajstić information content (AvgIpc) is 3.39. The predicted molar refractivity (Wildman–Crippen MR) is 100 cm³/mol. The number of carbonyl (C=O) groups is 1. The topological polar surface area (TPSA) is 80.5 Å². The molecule has 1 unspecified atom stereocenters. The average molecular weight is 400 g/mol. The van der Waals surface area contributed by atoms with Gasteiger partial charge in [-0.25, -0.2) is 13.6 Å². The summed E-state index contributed by atoms with van der Waals surface area (Å²) in [6, 6.07) is 9.27. The monoisotopic (exact) mass is 400 g/mol. The van der Waals surface area contributed by atoms with Gasteiger partial charge in [0.05, 0.1) is 12.8 Å². The molecule has 150 valence electrons. The zero-order valence-electron chi connectivity index (χ0n) is 15.6. The van der Waals surface area contributed by atoms with Crippen molar-refractivity contribution in [2.24, 2.45) is 0 Å². The van der Waals surface area contributed by atoms with Crippen LogP contribution in [0.1, 0.15) is 24.8 Å². The molecule has 29 heavy (non-hydrogen) atoms. The maximum absolute atomic E-state index is 13.8. The maximum atomic E-state index is 13.8. The van der Waals surface area contributed by atoms with Crippen LogP contribution in [0.25, 0.3) is 11.4 Å². The van der Waals surface area contributed by atoms with E-state index in [-0.39, 0.29) is 5.69 Å². The summed E-state index contributed by atoms with van der Waals surface area (Å²) in [4.78, 5) is 18.6. The first-order valence-electron chi connectivity index (χ1n) is 9.06. The van der Waals surface area contributed by atoms with Crippen molar-refractivity contribution in [1.29, 1.82) is 0 Å². The van der Waals surface area contributed by atoms with Gasteiger partial charge in [0, 0.05) is 18.2 Å². The van der Waals surface area contributed by atoms with Gasteiger partial charge in [-0.2, -0.15) is 4.98 Å². The van der Waals surface area contributed by atoms with Crippen LogP contribution in [-0.2, 0) is 0 Å². The number of amides is 2. The Morgan fingerprint density at radius 2 is 2.14 bits per heavy atom. The van der Waals surface area contributed by atoms with Crippen molar-refractivity contribution >= 4 is 11.7 Å². The van der Waals surface area contributed by atoms with Gasteiger partial charge in [0.25, 0.3) is 0 Å². The molecule has 3 aromatic rings. The molecule has 0 spiro atoms. The molecule has 1 aromatic heterocycles. The molecule has 2 amide bonds. The normalized spacial score (nSPS) is 16.1. The molecule has 1 saturated heterocycles. The SMILES string of the molecule is COc1cccc(-c2noc(C3CCCN3C(=O)Nc3ccc(F)cc3F)n2)c1. The maximum Gasteiger partial charge on any atom is 0.322 e. The Morgan fingerprint density at radius 3 is 2.93 bits per heavy atom. The molecule has 2 aromatic carbocycles. The highest BCUT2D eigenvalue weighted by atomic mass is 19.1. The van der Waals surface area contributed by atoms with Gasteiger partial charge in [0.1, 0.15) is 23.4 Å². The Balaban J connectivity index is 1.52. The number of hydrogen-bond donors (Lipinski definition) is 1. The van der Waals surface area contributed by atoms with Crippen LogP contribution in [0.2, 0.25) is 0 Å². The fourth-order valence-corrected chi connectivity index (χ4v) is 3.29. The van der Waals surface area contributed by atoms with Gasteiger partial charge in [-0.3, -0.25) is 0 Å². The van der Waals surface area contributed by atoms with Crippen molar-refractivity contribution in [2.45, 2.75) is 18.9 Å². The van der Waals surface area contributed by atoms with Crippen molar-refractivity contribution in [3.63, 3.8) is 0 Å². The van der Waals surface area contributed by atoms with Crippen LogP contribution in [0.5, 0.6) is 5.75 Å². The van der Waals surface area contributed by atoms with Gasteiger partial charge < -0.3 is 19.5 Å². The highest BCUT2D eigenvalue weighted by Gasteiger charge is 2.34. The van der Waals surface area contributed by atoms with Gasteiger partial charge in [-0.1, -0.05) is 17.3 Å². The number of rotatable bonds is 4. The summed E-state index contributed by atoms with van der Waals surface area (Å²) in [6.07, 6.45) is 1.37. The summed E-state index contributed by atoms with van der Waals surface area (Å²) in [7, 11) is 1.57. The minimum atomic E-state index is -0.841. The van der Waals surface area contributed by atoms with Gasteiger partial charge in [-0.05, 0) is 37.1 Å². The predicted octanol–water partition coefficient (Wildman–Crippen LogP) is 4.39. The van der Waals surface area contributed by atoms with E-state index in [4.69, 9.17) is 9.26 Å². The Kier molecular flexibility index (Phi) is 5.11. The summed E-state index contributed by atoms with van der Waals surface area (Å²) in [6.45, 7) is 0.455. The highest BCUT2D eigenvalue weighted by Crippen LogP contribution is 2.33. The summed E-state index contributed by atoms with van der Waals surface area (Å²) in [5, 5.41) is 6.48. The van der Waals surface area contributed by atoms with Crippen LogP contribution in [0, 0.1) is 11.6 Å². The van der Waals surface area contributed by atoms with Crippen LogP contribution in [0.3, 0.4) is 0 Å². The molecule has 2 heterocycles. The minimum absolute atomic E-state index is 0.0929. The second-order valence-corrected chi connectivity index (χ2v) is 6.59. The third-order valence-corrected chi connectivity index (χ3v) is 4.74. The number of ether oxygens (including phenoxy) is 1. The van der Waals surface area contributed by atoms with Gasteiger partial charge in [0.2, 0.25) is 11.7 Å². The van der Waals surface area contributed by atoms with E-state index >= 15 is 0 Å². The number of nitrogens with one attached hydrogen (secondary N) is 1. The number of hydrogen-bond acceptors (Lipinski definition) is 5. The molecule has 0 saturated carbocycles. The quantitative estimate of drug-likeness (QED) is 0.702. The molecule has 0 bridgehead atoms. The lowest BCUT2D eigenvalue weighted by molar-refractivity contribution is 0.193. The zero-order chi connectivity index (χ0) is 20.4. The number of benzene rings is 2. The lowest BCUT2D eigenvalue weighted by Gasteiger charge is -2.22. The number of nitrogens with zero attached hydrogens (tertiary/aromatic N) is 3. The van der Waals surface area contributed by atoms with E-state index in [1.165, 1.54) is 11.0 Å². The molecule has 1 fully saturated rings. The van der Waals surface area contributed by atoms with Gasteiger partial charge in [0.15, 0.2) is 0 Å². The number of anilines is 1. The van der Waals surface area contributed by atoms with Crippen LogP contribution >= 0.6 is 0 Å². The van der Waals surface area contributed by atoms with Crippen molar-refractivity contribution in [2.75, 3.05) is 19.0 Å². The lowest BCUT2D eigenvalue weighted by Crippen LogP contribution is -2.34. The van der Waals surface area contributed by atoms with Crippen molar-refractivity contribution in [1.82, 2.24) is 15.0 Å². The van der Waals surface area contributed by atoms with E-state index in [2.05, 4.69) is 15.5 Å². The molecule has 1 atom stereocenters. The largest absolute Gasteiger partial charge is 0.497 e. The van der Waals surface area contributed by atoms with Crippen LogP contribution in [0.4, 0.5) is 19.3 Å². The Bertz CT molecular complexity index is 1040. The van der Waals surface area contributed by atoms with Crippen molar-refractivity contribution in [3.05, 3.63) is 60.0 Å². The number of halogens is 2. The Labute approximate surface area is 165 Å². The molecular formula is C20H18F2N4O3. The second kappa shape index (κ2) is 7.86. The number of urea groups is 1. The Hall–Kier alpha value is -3.49. The molecule has 1 aliphatic heterocycles. The molecule has 7 nitrogen and oxygen atoms in total. The number of likely N-dealkylation sites (tertiary alicyclic amines) is 1. The lowest BCUT2D eigenvalue weighted by atomic mass is 10.2. The van der Waals surface area contributed by atoms with Crippen LogP contribution in [0.15, 0.2) is 47.0 Å².